The maximum atomic E-state index is 13.1. The van der Waals surface area contributed by atoms with E-state index >= 15 is 0 Å². The van der Waals surface area contributed by atoms with Crippen LogP contribution in [-0.4, -0.2) is 34.4 Å². The number of carbonyl (C=O) groups excluding carboxylic acids is 2. The molecule has 0 aromatic heterocycles. The molecule has 3 rings (SSSR count). The summed E-state index contributed by atoms with van der Waals surface area (Å²) in [6.45, 7) is 3.88. The molecule has 41 heavy (non-hydrogen) atoms. The topological polar surface area (TPSA) is 49.9 Å². The highest BCUT2D eigenvalue weighted by Crippen LogP contribution is 2.21. The first-order valence-electron chi connectivity index (χ1n) is 16.5. The molecule has 5 nitrogen and oxygen atoms in total. The van der Waals surface area contributed by atoms with Gasteiger partial charge in [0.05, 0.1) is 6.42 Å². The van der Waals surface area contributed by atoms with E-state index in [0.29, 0.717) is 19.6 Å². The lowest BCUT2D eigenvalue weighted by Crippen LogP contribution is -2.37. The Morgan fingerprint density at radius 3 is 1.49 bits per heavy atom. The summed E-state index contributed by atoms with van der Waals surface area (Å²) in [5.41, 5.74) is 2.20. The van der Waals surface area contributed by atoms with Crippen LogP contribution in [0.5, 0.6) is 0 Å². The van der Waals surface area contributed by atoms with Crippen LogP contribution >= 0.6 is 0 Å². The monoisotopic (exact) mass is 562 g/mol. The third-order valence-electron chi connectivity index (χ3n) is 8.12. The van der Waals surface area contributed by atoms with Gasteiger partial charge in [0.1, 0.15) is 0 Å². The molecule has 0 bridgehead atoms. The van der Waals surface area contributed by atoms with Gasteiger partial charge < -0.3 is 0 Å². The van der Waals surface area contributed by atoms with E-state index in [-0.39, 0.29) is 18.2 Å². The molecule has 2 amide bonds. The minimum Gasteiger partial charge on any atom is -0.284 e. The van der Waals surface area contributed by atoms with Crippen molar-refractivity contribution in [3.8, 4) is 0 Å². The molecule has 2 aromatic carbocycles. The molecule has 5 heteroatoms. The maximum Gasteiger partial charge on any atom is 0.260 e. The van der Waals surface area contributed by atoms with Crippen molar-refractivity contribution < 1.29 is 14.4 Å². The van der Waals surface area contributed by atoms with E-state index < -0.39 is 6.10 Å². The number of rotatable bonds is 23. The molecule has 0 spiro atoms. The van der Waals surface area contributed by atoms with Crippen LogP contribution in [0, 0.1) is 0 Å². The Labute approximate surface area is 249 Å². The second-order valence-corrected chi connectivity index (χ2v) is 11.8. The molecule has 1 saturated heterocycles. The number of unbranched alkanes of at least 4 members (excludes halogenated alkanes) is 15. The summed E-state index contributed by atoms with van der Waals surface area (Å²) in [6, 6.07) is 20.2. The molecule has 1 fully saturated rings. The Kier molecular flexibility index (Phi) is 16.4. The number of imide groups is 1. The van der Waals surface area contributed by atoms with Crippen LogP contribution in [-0.2, 0) is 27.5 Å². The molecule has 0 aliphatic carbocycles. The van der Waals surface area contributed by atoms with Crippen LogP contribution in [0.4, 0.5) is 0 Å². The minimum absolute atomic E-state index is 0.111. The summed E-state index contributed by atoms with van der Waals surface area (Å²) in [5, 5.41) is 1.82. The molecule has 2 aromatic rings. The van der Waals surface area contributed by atoms with Crippen LogP contribution in [0.15, 0.2) is 60.7 Å². The van der Waals surface area contributed by atoms with E-state index in [1.807, 2.05) is 65.7 Å². The van der Waals surface area contributed by atoms with Crippen LogP contribution in [0.3, 0.4) is 0 Å². The molecule has 1 unspecified atom stereocenters. The number of amides is 2. The standard InChI is InChI=1S/C36H54N2O3/c1-2-3-4-5-6-7-8-9-10-11-12-13-14-15-16-23-28-38-35(39)29-34(36(38)40)41-37(30-32-24-19-17-20-25-32)31-33-26-21-18-22-27-33/h17-22,24-27,34H,2-16,23,28-31H2,1H3. The fourth-order valence-electron chi connectivity index (χ4n) is 5.67. The van der Waals surface area contributed by atoms with Gasteiger partial charge >= 0.3 is 0 Å². The van der Waals surface area contributed by atoms with Crippen molar-refractivity contribution in [2.75, 3.05) is 6.54 Å². The van der Waals surface area contributed by atoms with E-state index in [2.05, 4.69) is 6.92 Å². The highest BCUT2D eigenvalue weighted by molar-refractivity contribution is 6.04. The van der Waals surface area contributed by atoms with Crippen molar-refractivity contribution in [1.82, 2.24) is 9.96 Å². The lowest BCUT2D eigenvalue weighted by Gasteiger charge is -2.25. The fourth-order valence-corrected chi connectivity index (χ4v) is 5.67. The lowest BCUT2D eigenvalue weighted by atomic mass is 10.0. The molecule has 0 radical (unpaired) electrons. The smallest absolute Gasteiger partial charge is 0.260 e. The van der Waals surface area contributed by atoms with E-state index in [9.17, 15) is 9.59 Å². The molecule has 0 N–H and O–H groups in total. The molecular formula is C36H54N2O3. The summed E-state index contributed by atoms with van der Waals surface area (Å²) < 4.78 is 0. The fraction of sp³-hybridized carbons (Fsp3) is 0.611. The summed E-state index contributed by atoms with van der Waals surface area (Å²) in [4.78, 5) is 33.4. The zero-order chi connectivity index (χ0) is 29.0. The highest BCUT2D eigenvalue weighted by atomic mass is 16.7. The molecular weight excluding hydrogens is 508 g/mol. The number of carbonyl (C=O) groups is 2. The molecule has 1 heterocycles. The van der Waals surface area contributed by atoms with Crippen molar-refractivity contribution in [2.24, 2.45) is 0 Å². The van der Waals surface area contributed by atoms with E-state index in [0.717, 1.165) is 24.0 Å². The zero-order valence-corrected chi connectivity index (χ0v) is 25.6. The normalized spacial score (nSPS) is 15.4. The molecule has 0 saturated carbocycles. The Bertz CT molecular complexity index is 924. The first kappa shape index (κ1) is 33.0. The van der Waals surface area contributed by atoms with Gasteiger partial charge in [-0.25, -0.2) is 0 Å². The van der Waals surface area contributed by atoms with E-state index in [4.69, 9.17) is 4.84 Å². The second-order valence-electron chi connectivity index (χ2n) is 11.8. The average molecular weight is 563 g/mol. The first-order chi connectivity index (χ1) is 20.2. The average Bonchev–Trinajstić information content (AvgIpc) is 3.25. The molecule has 1 aliphatic heterocycles. The number of hydroxylamine groups is 2. The maximum absolute atomic E-state index is 13.1. The van der Waals surface area contributed by atoms with Gasteiger partial charge in [0.15, 0.2) is 6.10 Å². The predicted molar refractivity (Wildman–Crippen MR) is 168 cm³/mol. The summed E-state index contributed by atoms with van der Waals surface area (Å²) in [6.07, 6.45) is 20.3. The van der Waals surface area contributed by atoms with E-state index in [1.54, 1.807) is 0 Å². The summed E-state index contributed by atoms with van der Waals surface area (Å²) >= 11 is 0. The third kappa shape index (κ3) is 13.3. The van der Waals surface area contributed by atoms with Gasteiger partial charge in [-0.1, -0.05) is 164 Å². The Morgan fingerprint density at radius 1 is 0.634 bits per heavy atom. The number of hydrogen-bond acceptors (Lipinski definition) is 4. The second kappa shape index (κ2) is 20.4. The Hall–Kier alpha value is -2.50. The first-order valence-corrected chi connectivity index (χ1v) is 16.5. The van der Waals surface area contributed by atoms with Crippen molar-refractivity contribution in [3.05, 3.63) is 71.8 Å². The van der Waals surface area contributed by atoms with Gasteiger partial charge in [0, 0.05) is 19.6 Å². The Morgan fingerprint density at radius 2 is 1.05 bits per heavy atom. The highest BCUT2D eigenvalue weighted by Gasteiger charge is 2.40. The number of hydrogen-bond donors (Lipinski definition) is 0. The van der Waals surface area contributed by atoms with Crippen LogP contribution in [0.25, 0.3) is 0 Å². The zero-order valence-electron chi connectivity index (χ0n) is 25.6. The quantitative estimate of drug-likeness (QED) is 0.0770. The van der Waals surface area contributed by atoms with E-state index in [1.165, 1.54) is 94.8 Å². The third-order valence-corrected chi connectivity index (χ3v) is 8.12. The number of likely N-dealkylation sites (tertiary alicyclic amines) is 1. The van der Waals surface area contributed by atoms with Gasteiger partial charge in [-0.15, -0.1) is 0 Å². The van der Waals surface area contributed by atoms with Crippen molar-refractivity contribution >= 4 is 11.8 Å². The van der Waals surface area contributed by atoms with Crippen molar-refractivity contribution in [3.63, 3.8) is 0 Å². The molecule has 1 atom stereocenters. The van der Waals surface area contributed by atoms with Gasteiger partial charge in [0.25, 0.3) is 5.91 Å². The van der Waals surface area contributed by atoms with Crippen molar-refractivity contribution in [1.29, 1.82) is 0 Å². The van der Waals surface area contributed by atoms with Gasteiger partial charge in [-0.2, -0.15) is 5.06 Å². The van der Waals surface area contributed by atoms with Crippen LogP contribution < -0.4 is 0 Å². The lowest BCUT2D eigenvalue weighted by molar-refractivity contribution is -0.209. The summed E-state index contributed by atoms with van der Waals surface area (Å²) in [5.74, 6) is -0.303. The summed E-state index contributed by atoms with van der Waals surface area (Å²) in [7, 11) is 0. The van der Waals surface area contributed by atoms with Crippen LogP contribution in [0.1, 0.15) is 127 Å². The minimum atomic E-state index is -0.740. The number of nitrogens with zero attached hydrogens (tertiary/aromatic N) is 2. The number of benzene rings is 2. The van der Waals surface area contributed by atoms with Crippen LogP contribution in [0.2, 0.25) is 0 Å². The van der Waals surface area contributed by atoms with Crippen molar-refractivity contribution in [2.45, 2.75) is 135 Å². The van der Waals surface area contributed by atoms with Gasteiger partial charge in [-0.05, 0) is 17.5 Å². The van der Waals surface area contributed by atoms with Gasteiger partial charge in [-0.3, -0.25) is 19.3 Å². The van der Waals surface area contributed by atoms with Gasteiger partial charge in [0.2, 0.25) is 5.91 Å². The Balaban J connectivity index is 1.27. The predicted octanol–water partition coefficient (Wildman–Crippen LogP) is 9.01. The SMILES string of the molecule is CCCCCCCCCCCCCCCCCCN1C(=O)CC(ON(Cc2ccccc2)Cc2ccccc2)C1=O. The molecule has 1 aliphatic rings. The largest absolute Gasteiger partial charge is 0.284 e. The molecule has 226 valence electrons.